The molecule has 24 heavy (non-hydrogen) atoms. The first-order valence-corrected chi connectivity index (χ1v) is 10.0. The van der Waals surface area contributed by atoms with Crippen molar-refractivity contribution in [1.82, 2.24) is 14.7 Å². The highest BCUT2D eigenvalue weighted by molar-refractivity contribution is 7.88. The van der Waals surface area contributed by atoms with Crippen LogP contribution in [0.2, 0.25) is 5.02 Å². The molecular formula is C16H14ClN3O2S2. The maximum atomic E-state index is 12.3. The van der Waals surface area contributed by atoms with Crippen LogP contribution in [0.4, 0.5) is 0 Å². The molecule has 3 rings (SSSR count). The molecule has 0 spiro atoms. The molecule has 3 aromatic rings. The zero-order valence-corrected chi connectivity index (χ0v) is 14.9. The first kappa shape index (κ1) is 17.0. The molecule has 0 saturated heterocycles. The van der Waals surface area contributed by atoms with Gasteiger partial charge >= 0.3 is 0 Å². The summed E-state index contributed by atoms with van der Waals surface area (Å²) < 4.78 is 27.2. The smallest absolute Gasteiger partial charge is 0.216 e. The topological polar surface area (TPSA) is 72.0 Å². The second-order valence-corrected chi connectivity index (χ2v) is 8.16. The van der Waals surface area contributed by atoms with Crippen molar-refractivity contribution in [2.75, 3.05) is 0 Å². The zero-order chi connectivity index (χ0) is 17.0. The SMILES string of the molecule is O=S(=O)(Cc1ccccc1Cl)NCc1nccnc1-c1cccs1. The highest BCUT2D eigenvalue weighted by atomic mass is 35.5. The lowest BCUT2D eigenvalue weighted by atomic mass is 10.2. The van der Waals surface area contributed by atoms with Gasteiger partial charge in [-0.3, -0.25) is 9.97 Å². The maximum Gasteiger partial charge on any atom is 0.216 e. The van der Waals surface area contributed by atoms with Gasteiger partial charge in [0.1, 0.15) is 5.69 Å². The van der Waals surface area contributed by atoms with Crippen LogP contribution in [-0.4, -0.2) is 18.4 Å². The first-order valence-electron chi connectivity index (χ1n) is 7.10. The van der Waals surface area contributed by atoms with Gasteiger partial charge in [-0.25, -0.2) is 13.1 Å². The fourth-order valence-electron chi connectivity index (χ4n) is 2.16. The standard InChI is InChI=1S/C16H14ClN3O2S2/c17-13-5-2-1-4-12(13)11-24(21,22)20-10-14-16(19-8-7-18-14)15-6-3-9-23-15/h1-9,20H,10-11H2. The Hall–Kier alpha value is -1.80. The molecule has 0 unspecified atom stereocenters. The predicted molar refractivity (Wildman–Crippen MR) is 96.3 cm³/mol. The summed E-state index contributed by atoms with van der Waals surface area (Å²) in [4.78, 5) is 9.51. The summed E-state index contributed by atoms with van der Waals surface area (Å²) in [6.45, 7) is 0.0772. The molecule has 1 aromatic carbocycles. The van der Waals surface area contributed by atoms with E-state index in [-0.39, 0.29) is 12.3 Å². The minimum absolute atomic E-state index is 0.0772. The van der Waals surface area contributed by atoms with E-state index in [0.29, 0.717) is 22.0 Å². The normalized spacial score (nSPS) is 11.5. The molecule has 0 amide bonds. The number of sulfonamides is 1. The van der Waals surface area contributed by atoms with Gasteiger partial charge in [-0.2, -0.15) is 0 Å². The molecule has 124 valence electrons. The van der Waals surface area contributed by atoms with Crippen molar-refractivity contribution in [2.45, 2.75) is 12.3 Å². The van der Waals surface area contributed by atoms with Crippen LogP contribution in [0.1, 0.15) is 11.3 Å². The fraction of sp³-hybridized carbons (Fsp3) is 0.125. The average Bonchev–Trinajstić information content (AvgIpc) is 3.10. The van der Waals surface area contributed by atoms with E-state index in [1.165, 1.54) is 11.3 Å². The van der Waals surface area contributed by atoms with Gasteiger partial charge in [0, 0.05) is 17.4 Å². The molecule has 5 nitrogen and oxygen atoms in total. The predicted octanol–water partition coefficient (Wildman–Crippen LogP) is 3.48. The second kappa shape index (κ2) is 7.40. The Labute approximate surface area is 149 Å². The van der Waals surface area contributed by atoms with Crippen molar-refractivity contribution in [2.24, 2.45) is 0 Å². The van der Waals surface area contributed by atoms with Crippen molar-refractivity contribution in [3.63, 3.8) is 0 Å². The lowest BCUT2D eigenvalue weighted by Gasteiger charge is -2.09. The van der Waals surface area contributed by atoms with Crippen molar-refractivity contribution in [3.8, 4) is 10.6 Å². The summed E-state index contributed by atoms with van der Waals surface area (Å²) in [6.07, 6.45) is 3.14. The van der Waals surface area contributed by atoms with Gasteiger partial charge < -0.3 is 0 Å². The number of aromatic nitrogens is 2. The Balaban J connectivity index is 1.75. The number of thiophene rings is 1. The van der Waals surface area contributed by atoms with E-state index in [1.54, 1.807) is 36.7 Å². The monoisotopic (exact) mass is 379 g/mol. The minimum atomic E-state index is -3.54. The van der Waals surface area contributed by atoms with Crippen molar-refractivity contribution >= 4 is 33.0 Å². The van der Waals surface area contributed by atoms with E-state index < -0.39 is 10.0 Å². The number of benzene rings is 1. The van der Waals surface area contributed by atoms with Crippen LogP contribution < -0.4 is 4.72 Å². The van der Waals surface area contributed by atoms with Crippen LogP contribution in [0.5, 0.6) is 0 Å². The van der Waals surface area contributed by atoms with Crippen molar-refractivity contribution in [1.29, 1.82) is 0 Å². The van der Waals surface area contributed by atoms with Crippen LogP contribution in [0.15, 0.2) is 54.2 Å². The van der Waals surface area contributed by atoms with Gasteiger partial charge in [-0.05, 0) is 23.1 Å². The molecule has 0 fully saturated rings. The second-order valence-electron chi connectivity index (χ2n) is 5.00. The van der Waals surface area contributed by atoms with Gasteiger partial charge in [0.25, 0.3) is 0 Å². The number of rotatable bonds is 6. The van der Waals surface area contributed by atoms with Gasteiger partial charge in [0.15, 0.2) is 0 Å². The first-order chi connectivity index (χ1) is 11.6. The molecule has 2 aromatic heterocycles. The summed E-state index contributed by atoms with van der Waals surface area (Å²) in [7, 11) is -3.54. The van der Waals surface area contributed by atoms with Crippen LogP contribution in [0, 0.1) is 0 Å². The summed E-state index contributed by atoms with van der Waals surface area (Å²) in [6, 6.07) is 10.7. The van der Waals surface area contributed by atoms with Gasteiger partial charge in [0.2, 0.25) is 10.0 Å². The molecule has 0 bridgehead atoms. The molecule has 0 aliphatic rings. The van der Waals surface area contributed by atoms with Crippen LogP contribution >= 0.6 is 22.9 Å². The van der Waals surface area contributed by atoms with Crippen LogP contribution in [0.25, 0.3) is 10.6 Å². The number of hydrogen-bond donors (Lipinski definition) is 1. The van der Waals surface area contributed by atoms with Gasteiger partial charge in [-0.15, -0.1) is 11.3 Å². The van der Waals surface area contributed by atoms with E-state index >= 15 is 0 Å². The van der Waals surface area contributed by atoms with Crippen molar-refractivity contribution in [3.05, 3.63) is 70.5 Å². The largest absolute Gasteiger partial charge is 0.256 e. The van der Waals surface area contributed by atoms with Crippen LogP contribution in [-0.2, 0) is 22.3 Å². The number of nitrogens with one attached hydrogen (secondary N) is 1. The zero-order valence-electron chi connectivity index (χ0n) is 12.5. The third-order valence-corrected chi connectivity index (χ3v) is 5.81. The van der Waals surface area contributed by atoms with E-state index in [9.17, 15) is 8.42 Å². The van der Waals surface area contributed by atoms with E-state index in [0.717, 1.165) is 4.88 Å². The quantitative estimate of drug-likeness (QED) is 0.711. The molecule has 1 N–H and O–H groups in total. The van der Waals surface area contributed by atoms with E-state index in [4.69, 9.17) is 11.6 Å². The van der Waals surface area contributed by atoms with Crippen LogP contribution in [0.3, 0.4) is 0 Å². The Morgan fingerprint density at radius 3 is 2.62 bits per heavy atom. The van der Waals surface area contributed by atoms with E-state index in [2.05, 4.69) is 14.7 Å². The molecular weight excluding hydrogens is 366 g/mol. The minimum Gasteiger partial charge on any atom is -0.256 e. The molecule has 0 atom stereocenters. The molecule has 0 aliphatic carbocycles. The number of hydrogen-bond acceptors (Lipinski definition) is 5. The third-order valence-electron chi connectivity index (χ3n) is 3.29. The average molecular weight is 380 g/mol. The summed E-state index contributed by atoms with van der Waals surface area (Å²) in [5, 5.41) is 2.37. The van der Waals surface area contributed by atoms with Gasteiger partial charge in [-0.1, -0.05) is 35.9 Å². The molecule has 2 heterocycles. The van der Waals surface area contributed by atoms with E-state index in [1.807, 2.05) is 17.5 Å². The summed E-state index contributed by atoms with van der Waals surface area (Å²) in [5.74, 6) is -0.179. The van der Waals surface area contributed by atoms with Crippen molar-refractivity contribution < 1.29 is 8.42 Å². The Morgan fingerprint density at radius 2 is 1.88 bits per heavy atom. The molecule has 0 aliphatic heterocycles. The summed E-state index contributed by atoms with van der Waals surface area (Å²) >= 11 is 7.56. The Morgan fingerprint density at radius 1 is 1.08 bits per heavy atom. The Bertz CT molecular complexity index is 928. The van der Waals surface area contributed by atoms with Gasteiger partial charge in [0.05, 0.1) is 22.9 Å². The fourth-order valence-corrected chi connectivity index (χ4v) is 4.31. The molecule has 8 heteroatoms. The number of nitrogens with zero attached hydrogens (tertiary/aromatic N) is 2. The third kappa shape index (κ3) is 4.18. The summed E-state index contributed by atoms with van der Waals surface area (Å²) in [5.41, 5.74) is 1.83. The maximum absolute atomic E-state index is 12.3. The molecule has 0 radical (unpaired) electrons. The molecule has 0 saturated carbocycles. The highest BCUT2D eigenvalue weighted by Gasteiger charge is 2.16. The number of halogens is 1. The Kier molecular flexibility index (Phi) is 5.25. The lowest BCUT2D eigenvalue weighted by Crippen LogP contribution is -2.25. The lowest BCUT2D eigenvalue weighted by molar-refractivity contribution is 0.579. The highest BCUT2D eigenvalue weighted by Crippen LogP contribution is 2.25.